The number of rotatable bonds is 2. The number of nitrogens with zero attached hydrogens (tertiary/aromatic N) is 2. The van der Waals surface area contributed by atoms with Crippen LogP contribution in [0.25, 0.3) is 0 Å². The van der Waals surface area contributed by atoms with Gasteiger partial charge in [-0.3, -0.25) is 9.69 Å². The van der Waals surface area contributed by atoms with Crippen LogP contribution in [0, 0.1) is 0 Å². The fourth-order valence-electron chi connectivity index (χ4n) is 2.47. The number of hydrogen-bond donors (Lipinski definition) is 2. The molecule has 2 heterocycles. The van der Waals surface area contributed by atoms with E-state index < -0.39 is 12.2 Å². The normalized spacial score (nSPS) is 33.3. The molecule has 3 atom stereocenters. The molecule has 5 nitrogen and oxygen atoms in total. The van der Waals surface area contributed by atoms with Gasteiger partial charge in [0.2, 0.25) is 5.91 Å². The van der Waals surface area contributed by atoms with Crippen molar-refractivity contribution in [2.45, 2.75) is 38.0 Å². The van der Waals surface area contributed by atoms with Crippen molar-refractivity contribution in [1.29, 1.82) is 0 Å². The summed E-state index contributed by atoms with van der Waals surface area (Å²) >= 11 is 0. The van der Waals surface area contributed by atoms with Gasteiger partial charge in [-0.25, -0.2) is 0 Å². The lowest BCUT2D eigenvalue weighted by Crippen LogP contribution is -2.45. The lowest BCUT2D eigenvalue weighted by molar-refractivity contribution is -0.135. The van der Waals surface area contributed by atoms with Gasteiger partial charge in [-0.2, -0.15) is 0 Å². The quantitative estimate of drug-likeness (QED) is 0.638. The van der Waals surface area contributed by atoms with Crippen molar-refractivity contribution in [1.82, 2.24) is 9.80 Å². The maximum absolute atomic E-state index is 12.1. The van der Waals surface area contributed by atoms with Crippen LogP contribution < -0.4 is 0 Å². The van der Waals surface area contributed by atoms with E-state index in [1.165, 1.54) is 0 Å². The first-order chi connectivity index (χ1) is 7.59. The van der Waals surface area contributed by atoms with Crippen molar-refractivity contribution in [3.63, 3.8) is 0 Å². The average molecular weight is 228 g/mol. The Hall–Kier alpha value is -0.650. The first-order valence-electron chi connectivity index (χ1n) is 5.98. The molecule has 2 rings (SSSR count). The number of carbonyl (C=O) groups is 1. The molecule has 2 saturated heterocycles. The number of aliphatic hydroxyl groups excluding tert-OH is 2. The van der Waals surface area contributed by atoms with Crippen LogP contribution in [-0.4, -0.2) is 70.3 Å². The molecule has 0 aliphatic carbocycles. The van der Waals surface area contributed by atoms with E-state index in [1.54, 1.807) is 0 Å². The second kappa shape index (κ2) is 4.69. The highest BCUT2D eigenvalue weighted by Gasteiger charge is 2.36. The van der Waals surface area contributed by atoms with Crippen molar-refractivity contribution in [3.8, 4) is 0 Å². The number of β-amino-alcohol motifs (C(OH)–C–C–N with tert-alkyl or cyclic N) is 2. The fourth-order valence-corrected chi connectivity index (χ4v) is 2.47. The Labute approximate surface area is 95.6 Å². The van der Waals surface area contributed by atoms with Crippen molar-refractivity contribution < 1.29 is 15.0 Å². The zero-order valence-electron chi connectivity index (χ0n) is 9.67. The summed E-state index contributed by atoms with van der Waals surface area (Å²) in [6.45, 7) is 4.33. The smallest absolute Gasteiger partial charge is 0.239 e. The SMILES string of the molecule is CC(C(=O)N1CCCC1)N1CC(O)C(O)C1. The van der Waals surface area contributed by atoms with Crippen LogP contribution in [0.4, 0.5) is 0 Å². The molecule has 0 radical (unpaired) electrons. The van der Waals surface area contributed by atoms with Crippen LogP contribution in [0.5, 0.6) is 0 Å². The summed E-state index contributed by atoms with van der Waals surface area (Å²) < 4.78 is 0. The summed E-state index contributed by atoms with van der Waals surface area (Å²) in [5, 5.41) is 18.9. The van der Waals surface area contributed by atoms with E-state index in [4.69, 9.17) is 0 Å². The summed E-state index contributed by atoms with van der Waals surface area (Å²) in [4.78, 5) is 15.8. The van der Waals surface area contributed by atoms with Gasteiger partial charge in [0.15, 0.2) is 0 Å². The van der Waals surface area contributed by atoms with E-state index in [9.17, 15) is 15.0 Å². The Morgan fingerprint density at radius 1 is 1.19 bits per heavy atom. The minimum absolute atomic E-state index is 0.124. The Bertz CT molecular complexity index is 256. The molecule has 2 aliphatic rings. The second-order valence-electron chi connectivity index (χ2n) is 4.80. The molecule has 0 spiro atoms. The van der Waals surface area contributed by atoms with E-state index in [0.717, 1.165) is 25.9 Å². The third kappa shape index (κ3) is 2.21. The molecule has 16 heavy (non-hydrogen) atoms. The van der Waals surface area contributed by atoms with Crippen molar-refractivity contribution in [2.75, 3.05) is 26.2 Å². The van der Waals surface area contributed by atoms with Crippen molar-refractivity contribution in [3.05, 3.63) is 0 Å². The summed E-state index contributed by atoms with van der Waals surface area (Å²) in [6.07, 6.45) is 0.746. The molecule has 0 saturated carbocycles. The minimum Gasteiger partial charge on any atom is -0.389 e. The molecule has 0 bridgehead atoms. The molecule has 2 aliphatic heterocycles. The number of amides is 1. The molecular formula is C11H20N2O3. The van der Waals surface area contributed by atoms with Crippen molar-refractivity contribution in [2.24, 2.45) is 0 Å². The second-order valence-corrected chi connectivity index (χ2v) is 4.80. The molecule has 5 heteroatoms. The molecule has 92 valence electrons. The third-order valence-corrected chi connectivity index (χ3v) is 3.61. The molecule has 0 aromatic heterocycles. The van der Waals surface area contributed by atoms with E-state index in [2.05, 4.69) is 0 Å². The summed E-state index contributed by atoms with van der Waals surface area (Å²) in [7, 11) is 0. The number of hydrogen-bond acceptors (Lipinski definition) is 4. The Kier molecular flexibility index (Phi) is 3.47. The Morgan fingerprint density at radius 2 is 1.69 bits per heavy atom. The molecule has 0 aromatic rings. The number of likely N-dealkylation sites (tertiary alicyclic amines) is 2. The maximum Gasteiger partial charge on any atom is 0.239 e. The number of aliphatic hydroxyl groups is 2. The monoisotopic (exact) mass is 228 g/mol. The predicted molar refractivity (Wildman–Crippen MR) is 58.9 cm³/mol. The van der Waals surface area contributed by atoms with Crippen molar-refractivity contribution >= 4 is 5.91 Å². The molecule has 2 fully saturated rings. The molecule has 2 N–H and O–H groups in total. The Balaban J connectivity index is 1.91. The zero-order valence-corrected chi connectivity index (χ0v) is 9.67. The number of carbonyl (C=O) groups excluding carboxylic acids is 1. The van der Waals surface area contributed by atoms with E-state index in [-0.39, 0.29) is 11.9 Å². The fraction of sp³-hybridized carbons (Fsp3) is 0.909. The lowest BCUT2D eigenvalue weighted by Gasteiger charge is -2.27. The van der Waals surface area contributed by atoms with Gasteiger partial charge in [-0.15, -0.1) is 0 Å². The van der Waals surface area contributed by atoms with E-state index in [1.807, 2.05) is 16.7 Å². The van der Waals surface area contributed by atoms with Crippen LogP contribution in [0.3, 0.4) is 0 Å². The van der Waals surface area contributed by atoms with Gasteiger partial charge in [0.05, 0.1) is 18.2 Å². The van der Waals surface area contributed by atoms with Gasteiger partial charge in [0.25, 0.3) is 0 Å². The highest BCUT2D eigenvalue weighted by atomic mass is 16.3. The first kappa shape index (κ1) is 11.8. The topological polar surface area (TPSA) is 64.0 Å². The van der Waals surface area contributed by atoms with Crippen LogP contribution in [-0.2, 0) is 4.79 Å². The van der Waals surface area contributed by atoms with Crippen LogP contribution in [0.2, 0.25) is 0 Å². The van der Waals surface area contributed by atoms with Crippen LogP contribution in [0.15, 0.2) is 0 Å². The Morgan fingerprint density at radius 3 is 2.19 bits per heavy atom. The molecule has 0 aromatic carbocycles. The minimum atomic E-state index is -0.714. The maximum atomic E-state index is 12.1. The van der Waals surface area contributed by atoms with Crippen LogP contribution in [0.1, 0.15) is 19.8 Å². The highest BCUT2D eigenvalue weighted by Crippen LogP contribution is 2.17. The summed E-state index contributed by atoms with van der Waals surface area (Å²) in [5.74, 6) is 0.124. The van der Waals surface area contributed by atoms with Gasteiger partial charge in [0, 0.05) is 26.2 Å². The first-order valence-corrected chi connectivity index (χ1v) is 5.98. The predicted octanol–water partition coefficient (Wildman–Crippen LogP) is -0.965. The third-order valence-electron chi connectivity index (χ3n) is 3.61. The van der Waals surface area contributed by atoms with Gasteiger partial charge < -0.3 is 15.1 Å². The van der Waals surface area contributed by atoms with E-state index >= 15 is 0 Å². The van der Waals surface area contributed by atoms with Gasteiger partial charge >= 0.3 is 0 Å². The van der Waals surface area contributed by atoms with E-state index in [0.29, 0.717) is 13.1 Å². The molecule has 1 amide bonds. The summed E-state index contributed by atoms with van der Waals surface area (Å²) in [6, 6.07) is -0.232. The molecule has 3 unspecified atom stereocenters. The highest BCUT2D eigenvalue weighted by molar-refractivity contribution is 5.81. The standard InChI is InChI=1S/C11H20N2O3/c1-8(11(16)12-4-2-3-5-12)13-6-9(14)10(15)7-13/h8-10,14-15H,2-7H2,1H3. The average Bonchev–Trinajstić information content (AvgIpc) is 2.87. The largest absolute Gasteiger partial charge is 0.389 e. The van der Waals surface area contributed by atoms with Gasteiger partial charge in [-0.1, -0.05) is 0 Å². The lowest BCUT2D eigenvalue weighted by atomic mass is 10.2. The van der Waals surface area contributed by atoms with Gasteiger partial charge in [-0.05, 0) is 19.8 Å². The zero-order chi connectivity index (χ0) is 11.7. The molecular weight excluding hydrogens is 208 g/mol. The van der Waals surface area contributed by atoms with Crippen LogP contribution >= 0.6 is 0 Å². The van der Waals surface area contributed by atoms with Gasteiger partial charge in [0.1, 0.15) is 0 Å². The summed E-state index contributed by atoms with van der Waals surface area (Å²) in [5.41, 5.74) is 0.